The number of carbonyl (C=O) groups is 1. The molecule has 2 aromatic heterocycles. The lowest BCUT2D eigenvalue weighted by Crippen LogP contribution is -2.39. The molecule has 2 aromatic rings. The number of hydrogen-bond donors (Lipinski definition) is 0. The van der Waals surface area contributed by atoms with Gasteiger partial charge in [0.05, 0.1) is 11.7 Å². The minimum Gasteiger partial charge on any atom is -0.351 e. The van der Waals surface area contributed by atoms with Crippen LogP contribution in [-0.4, -0.2) is 51.0 Å². The molecule has 2 aliphatic rings. The van der Waals surface area contributed by atoms with E-state index in [9.17, 15) is 4.79 Å². The quantitative estimate of drug-likeness (QED) is 0.828. The van der Waals surface area contributed by atoms with E-state index in [0.29, 0.717) is 12.3 Å². The molecule has 2 aliphatic heterocycles. The number of nitrogens with zero attached hydrogens (tertiary/aromatic N) is 5. The number of hydrogen-bond acceptors (Lipinski definition) is 6. The summed E-state index contributed by atoms with van der Waals surface area (Å²) in [6.45, 7) is 6.67. The number of aromatic nitrogens is 3. The van der Waals surface area contributed by atoms with E-state index in [-0.39, 0.29) is 17.9 Å². The summed E-state index contributed by atoms with van der Waals surface area (Å²) in [6.07, 6.45) is 5.82. The normalized spacial score (nSPS) is 20.7. The molecule has 4 heterocycles. The molecule has 1 unspecified atom stereocenters. The number of carbonyl (C=O) groups excluding carboxylic acids is 1. The number of likely N-dealkylation sites (tertiary alicyclic amines) is 1. The van der Waals surface area contributed by atoms with Crippen molar-refractivity contribution >= 4 is 5.91 Å². The van der Waals surface area contributed by atoms with Gasteiger partial charge in [0, 0.05) is 49.6 Å². The molecule has 0 aromatic carbocycles. The highest BCUT2D eigenvalue weighted by Crippen LogP contribution is 2.31. The van der Waals surface area contributed by atoms with Crippen LogP contribution >= 0.6 is 0 Å². The average molecular weight is 369 g/mol. The Balaban J connectivity index is 1.60. The molecule has 0 spiro atoms. The fourth-order valence-corrected chi connectivity index (χ4v) is 3.88. The van der Waals surface area contributed by atoms with Crippen molar-refractivity contribution in [2.24, 2.45) is 0 Å². The number of likely N-dealkylation sites (N-methyl/N-ethyl adjacent to an activating group) is 1. The zero-order chi connectivity index (χ0) is 19.0. The summed E-state index contributed by atoms with van der Waals surface area (Å²) < 4.78 is 5.34. The standard InChI is InChI=1S/C20H27N5O2/c1-13(2)16-10-18(27-23-16)20(26)25-8-5-4-6-17(25)19-21-11-14-12-24(3)9-7-15(14)22-19/h10-11,13,17H,4-9,12H2,1-3H3. The summed E-state index contributed by atoms with van der Waals surface area (Å²) in [5, 5.41) is 4.04. The molecule has 0 N–H and O–H groups in total. The summed E-state index contributed by atoms with van der Waals surface area (Å²) in [6, 6.07) is 1.67. The van der Waals surface area contributed by atoms with Crippen LogP contribution in [-0.2, 0) is 13.0 Å². The highest BCUT2D eigenvalue weighted by atomic mass is 16.5. The fraction of sp³-hybridized carbons (Fsp3) is 0.600. The van der Waals surface area contributed by atoms with E-state index in [4.69, 9.17) is 9.51 Å². The van der Waals surface area contributed by atoms with Gasteiger partial charge >= 0.3 is 0 Å². The summed E-state index contributed by atoms with van der Waals surface area (Å²) >= 11 is 0. The van der Waals surface area contributed by atoms with Crippen molar-refractivity contribution in [2.45, 2.75) is 58.0 Å². The van der Waals surface area contributed by atoms with E-state index in [1.807, 2.05) is 24.9 Å². The first-order valence-corrected chi connectivity index (χ1v) is 9.83. The lowest BCUT2D eigenvalue weighted by Gasteiger charge is -2.34. The van der Waals surface area contributed by atoms with Crippen molar-refractivity contribution in [1.82, 2.24) is 24.9 Å². The minimum atomic E-state index is -0.111. The van der Waals surface area contributed by atoms with Gasteiger partial charge in [-0.2, -0.15) is 0 Å². The Morgan fingerprint density at radius 2 is 2.15 bits per heavy atom. The molecule has 4 rings (SSSR count). The predicted octanol–water partition coefficient (Wildman–Crippen LogP) is 2.94. The van der Waals surface area contributed by atoms with Crippen molar-refractivity contribution < 1.29 is 9.32 Å². The summed E-state index contributed by atoms with van der Waals surface area (Å²) in [5.74, 6) is 1.19. The molecular formula is C20H27N5O2. The number of fused-ring (bicyclic) bond motifs is 1. The molecule has 1 saturated heterocycles. The van der Waals surface area contributed by atoms with Crippen LogP contribution in [0.2, 0.25) is 0 Å². The second-order valence-corrected chi connectivity index (χ2v) is 7.97. The van der Waals surface area contributed by atoms with Crippen LogP contribution in [0.5, 0.6) is 0 Å². The third-order valence-corrected chi connectivity index (χ3v) is 5.54. The predicted molar refractivity (Wildman–Crippen MR) is 100 cm³/mol. The van der Waals surface area contributed by atoms with Gasteiger partial charge in [-0.3, -0.25) is 4.79 Å². The van der Waals surface area contributed by atoms with E-state index >= 15 is 0 Å². The Morgan fingerprint density at radius 3 is 2.93 bits per heavy atom. The first-order valence-electron chi connectivity index (χ1n) is 9.83. The van der Waals surface area contributed by atoms with Gasteiger partial charge in [-0.25, -0.2) is 9.97 Å². The molecule has 0 radical (unpaired) electrons. The number of rotatable bonds is 3. The zero-order valence-electron chi connectivity index (χ0n) is 16.3. The van der Waals surface area contributed by atoms with E-state index in [2.05, 4.69) is 22.1 Å². The van der Waals surface area contributed by atoms with Gasteiger partial charge in [-0.05, 0) is 32.2 Å². The Bertz CT molecular complexity index is 832. The van der Waals surface area contributed by atoms with Crippen LogP contribution < -0.4 is 0 Å². The van der Waals surface area contributed by atoms with Gasteiger partial charge in [0.25, 0.3) is 5.91 Å². The Kier molecular flexibility index (Phi) is 4.95. The second kappa shape index (κ2) is 7.38. The molecular weight excluding hydrogens is 342 g/mol. The molecule has 7 heteroatoms. The van der Waals surface area contributed by atoms with E-state index in [1.165, 1.54) is 5.56 Å². The first-order chi connectivity index (χ1) is 13.0. The van der Waals surface area contributed by atoms with Crippen LogP contribution in [0.3, 0.4) is 0 Å². The smallest absolute Gasteiger partial charge is 0.293 e. The van der Waals surface area contributed by atoms with E-state index < -0.39 is 0 Å². The number of amides is 1. The maximum Gasteiger partial charge on any atom is 0.293 e. The third kappa shape index (κ3) is 3.60. The molecule has 144 valence electrons. The topological polar surface area (TPSA) is 75.4 Å². The van der Waals surface area contributed by atoms with Gasteiger partial charge in [0.15, 0.2) is 5.82 Å². The SMILES string of the molecule is CC(C)c1cc(C(=O)N2CCCCC2c2ncc3c(n2)CCN(C)C3)on1. The van der Waals surface area contributed by atoms with Gasteiger partial charge in [0.2, 0.25) is 5.76 Å². The van der Waals surface area contributed by atoms with Crippen molar-refractivity contribution in [3.8, 4) is 0 Å². The van der Waals surface area contributed by atoms with Crippen LogP contribution in [0.4, 0.5) is 0 Å². The van der Waals surface area contributed by atoms with Crippen molar-refractivity contribution in [3.05, 3.63) is 40.8 Å². The monoisotopic (exact) mass is 369 g/mol. The first kappa shape index (κ1) is 18.1. The third-order valence-electron chi connectivity index (χ3n) is 5.54. The van der Waals surface area contributed by atoms with E-state index in [1.54, 1.807) is 6.07 Å². The van der Waals surface area contributed by atoms with Gasteiger partial charge in [-0.1, -0.05) is 19.0 Å². The molecule has 0 aliphatic carbocycles. The Morgan fingerprint density at radius 1 is 1.30 bits per heavy atom. The summed E-state index contributed by atoms with van der Waals surface area (Å²) in [5.41, 5.74) is 3.12. The zero-order valence-corrected chi connectivity index (χ0v) is 16.3. The molecule has 0 bridgehead atoms. The molecule has 7 nitrogen and oxygen atoms in total. The summed E-state index contributed by atoms with van der Waals surface area (Å²) in [7, 11) is 2.11. The number of piperidine rings is 1. The van der Waals surface area contributed by atoms with Crippen LogP contribution in [0.25, 0.3) is 0 Å². The minimum absolute atomic E-state index is 0.0937. The highest BCUT2D eigenvalue weighted by Gasteiger charge is 2.33. The van der Waals surface area contributed by atoms with Gasteiger partial charge in [-0.15, -0.1) is 0 Å². The molecule has 1 atom stereocenters. The van der Waals surface area contributed by atoms with Crippen LogP contribution in [0.1, 0.15) is 78.4 Å². The van der Waals surface area contributed by atoms with Gasteiger partial charge < -0.3 is 14.3 Å². The lowest BCUT2D eigenvalue weighted by molar-refractivity contribution is 0.0557. The fourth-order valence-electron chi connectivity index (χ4n) is 3.88. The van der Waals surface area contributed by atoms with Crippen molar-refractivity contribution in [1.29, 1.82) is 0 Å². The summed E-state index contributed by atoms with van der Waals surface area (Å²) in [4.78, 5) is 26.7. The average Bonchev–Trinajstić information content (AvgIpc) is 3.17. The van der Waals surface area contributed by atoms with Crippen LogP contribution in [0.15, 0.2) is 16.8 Å². The Labute approximate surface area is 159 Å². The Hall–Kier alpha value is -2.28. The maximum atomic E-state index is 13.1. The molecule has 0 saturated carbocycles. The largest absolute Gasteiger partial charge is 0.351 e. The van der Waals surface area contributed by atoms with Crippen molar-refractivity contribution in [2.75, 3.05) is 20.1 Å². The van der Waals surface area contributed by atoms with Crippen LogP contribution in [0, 0.1) is 0 Å². The van der Waals surface area contributed by atoms with Crippen molar-refractivity contribution in [3.63, 3.8) is 0 Å². The lowest BCUT2D eigenvalue weighted by atomic mass is 10.00. The second-order valence-electron chi connectivity index (χ2n) is 7.97. The molecule has 27 heavy (non-hydrogen) atoms. The molecule has 1 fully saturated rings. The molecule has 1 amide bonds. The maximum absolute atomic E-state index is 13.1. The van der Waals surface area contributed by atoms with E-state index in [0.717, 1.165) is 56.0 Å². The van der Waals surface area contributed by atoms with Gasteiger partial charge in [0.1, 0.15) is 0 Å². The highest BCUT2D eigenvalue weighted by molar-refractivity contribution is 5.91.